The molecule has 0 bridgehead atoms. The van der Waals surface area contributed by atoms with Crippen LogP contribution in [0.2, 0.25) is 0 Å². The minimum atomic E-state index is -0.447. The van der Waals surface area contributed by atoms with Crippen LogP contribution in [0.4, 0.5) is 5.69 Å². The lowest BCUT2D eigenvalue weighted by molar-refractivity contribution is -0.384. The van der Waals surface area contributed by atoms with E-state index in [2.05, 4.69) is 16.8 Å². The fourth-order valence-corrected chi connectivity index (χ4v) is 2.64. The van der Waals surface area contributed by atoms with Crippen molar-refractivity contribution in [1.82, 2.24) is 19.9 Å². The molecule has 3 rings (SSSR count). The van der Waals surface area contributed by atoms with Crippen molar-refractivity contribution in [3.8, 4) is 0 Å². The molecule has 8 nitrogen and oxygen atoms in total. The maximum atomic E-state index is 11.6. The van der Waals surface area contributed by atoms with Crippen LogP contribution in [-0.4, -0.2) is 43.8 Å². The predicted molar refractivity (Wildman–Crippen MR) is 79.2 cm³/mol. The Kier molecular flexibility index (Phi) is 3.58. The highest BCUT2D eigenvalue weighted by molar-refractivity contribution is 5.87. The molecule has 1 fully saturated rings. The van der Waals surface area contributed by atoms with E-state index >= 15 is 0 Å². The summed E-state index contributed by atoms with van der Waals surface area (Å²) in [5, 5.41) is 19.5. The number of fused-ring (bicyclic) bond motifs is 1. The van der Waals surface area contributed by atoms with Crippen LogP contribution in [-0.2, 0) is 4.79 Å². The second-order valence-corrected chi connectivity index (χ2v) is 5.21. The van der Waals surface area contributed by atoms with E-state index in [-0.39, 0.29) is 17.6 Å². The summed E-state index contributed by atoms with van der Waals surface area (Å²) >= 11 is 0. The third kappa shape index (κ3) is 2.54. The van der Waals surface area contributed by atoms with Gasteiger partial charge in [0.25, 0.3) is 5.69 Å². The second kappa shape index (κ2) is 5.55. The average Bonchev–Trinajstić information content (AvgIpc) is 2.97. The Bertz CT molecular complexity index is 746. The molecule has 0 atom stereocenters. The summed E-state index contributed by atoms with van der Waals surface area (Å²) in [7, 11) is 0. The van der Waals surface area contributed by atoms with Crippen molar-refractivity contribution < 1.29 is 9.72 Å². The van der Waals surface area contributed by atoms with Crippen molar-refractivity contribution >= 4 is 22.6 Å². The van der Waals surface area contributed by atoms with E-state index in [0.717, 1.165) is 12.8 Å². The Balaban J connectivity index is 1.78. The molecule has 114 valence electrons. The highest BCUT2D eigenvalue weighted by Gasteiger charge is 2.24. The summed E-state index contributed by atoms with van der Waals surface area (Å²) in [5.74, 6) is -0.0624. The molecule has 1 amide bonds. The van der Waals surface area contributed by atoms with Gasteiger partial charge in [0.2, 0.25) is 5.91 Å². The molecule has 0 saturated carbocycles. The summed E-state index contributed by atoms with van der Waals surface area (Å²) in [5.41, 5.74) is 1.15. The number of carbonyl (C=O) groups excluding carboxylic acids is 1. The molecule has 1 aliphatic rings. The van der Waals surface area contributed by atoms with Crippen molar-refractivity contribution in [2.24, 2.45) is 0 Å². The first-order valence-electron chi connectivity index (χ1n) is 7.01. The minimum absolute atomic E-state index is 0.00551. The fraction of sp³-hybridized carbons (Fsp3) is 0.357. The zero-order chi connectivity index (χ0) is 15.7. The lowest BCUT2D eigenvalue weighted by atomic mass is 10.1. The third-order valence-electron chi connectivity index (χ3n) is 3.87. The normalized spacial score (nSPS) is 15.9. The van der Waals surface area contributed by atoms with Crippen molar-refractivity contribution in [3.05, 3.63) is 41.0 Å². The summed E-state index contributed by atoms with van der Waals surface area (Å²) in [6, 6.07) is 4.55. The predicted octanol–water partition coefficient (Wildman–Crippen LogP) is 1.69. The van der Waals surface area contributed by atoms with Gasteiger partial charge in [-0.25, -0.2) is 0 Å². The minimum Gasteiger partial charge on any atom is -0.339 e. The zero-order valence-corrected chi connectivity index (χ0v) is 11.9. The molecule has 0 aliphatic carbocycles. The van der Waals surface area contributed by atoms with Gasteiger partial charge in [-0.2, -0.15) is 15.0 Å². The number of non-ortho nitro benzene ring substituents is 1. The number of amides is 1. The lowest BCUT2D eigenvalue weighted by Crippen LogP contribution is -2.38. The molecule has 1 aromatic carbocycles. The first-order chi connectivity index (χ1) is 10.6. The van der Waals surface area contributed by atoms with Gasteiger partial charge in [0.1, 0.15) is 11.0 Å². The first-order valence-corrected chi connectivity index (χ1v) is 7.01. The van der Waals surface area contributed by atoms with Gasteiger partial charge < -0.3 is 4.90 Å². The van der Waals surface area contributed by atoms with Crippen molar-refractivity contribution in [2.75, 3.05) is 13.1 Å². The quantitative estimate of drug-likeness (QED) is 0.488. The fourth-order valence-electron chi connectivity index (χ4n) is 2.64. The van der Waals surface area contributed by atoms with Crippen LogP contribution in [0.25, 0.3) is 11.0 Å². The van der Waals surface area contributed by atoms with Crippen LogP contribution in [0.5, 0.6) is 0 Å². The van der Waals surface area contributed by atoms with Gasteiger partial charge in [-0.05, 0) is 25.0 Å². The molecule has 1 saturated heterocycles. The van der Waals surface area contributed by atoms with Crippen molar-refractivity contribution in [2.45, 2.75) is 18.9 Å². The van der Waals surface area contributed by atoms with E-state index in [0.29, 0.717) is 24.1 Å². The number of piperidine rings is 1. The van der Waals surface area contributed by atoms with Crippen LogP contribution < -0.4 is 0 Å². The molecule has 1 aliphatic heterocycles. The SMILES string of the molecule is C=CC(=O)N1CCC(n2nc3ccc([N+](=O)[O-])cc3n2)CC1. The maximum Gasteiger partial charge on any atom is 0.271 e. The number of carbonyl (C=O) groups is 1. The van der Waals surface area contributed by atoms with E-state index in [1.807, 2.05) is 0 Å². The van der Waals surface area contributed by atoms with Gasteiger partial charge in [0.05, 0.1) is 11.0 Å². The number of nitro groups is 1. The summed E-state index contributed by atoms with van der Waals surface area (Å²) < 4.78 is 0. The number of nitrogens with zero attached hydrogens (tertiary/aromatic N) is 5. The molecule has 0 unspecified atom stereocenters. The van der Waals surface area contributed by atoms with E-state index in [1.54, 1.807) is 15.8 Å². The molecular weight excluding hydrogens is 286 g/mol. The van der Waals surface area contributed by atoms with E-state index < -0.39 is 4.92 Å². The first kappa shape index (κ1) is 14.2. The molecule has 8 heteroatoms. The highest BCUT2D eigenvalue weighted by Crippen LogP contribution is 2.24. The third-order valence-corrected chi connectivity index (χ3v) is 3.87. The Hall–Kier alpha value is -2.77. The van der Waals surface area contributed by atoms with Crippen molar-refractivity contribution in [3.63, 3.8) is 0 Å². The molecule has 2 aromatic rings. The van der Waals surface area contributed by atoms with Crippen LogP contribution in [0.1, 0.15) is 18.9 Å². The molecule has 0 N–H and O–H groups in total. The number of rotatable bonds is 3. The molecule has 22 heavy (non-hydrogen) atoms. The summed E-state index contributed by atoms with van der Waals surface area (Å²) in [6.07, 6.45) is 2.82. The van der Waals surface area contributed by atoms with E-state index in [9.17, 15) is 14.9 Å². The number of hydrogen-bond donors (Lipinski definition) is 0. The van der Waals surface area contributed by atoms with Gasteiger partial charge in [-0.15, -0.1) is 0 Å². The van der Waals surface area contributed by atoms with Crippen molar-refractivity contribution in [1.29, 1.82) is 0 Å². The van der Waals surface area contributed by atoms with Crippen LogP contribution in [0, 0.1) is 10.1 Å². The molecule has 1 aromatic heterocycles. The number of nitro benzene ring substituents is 1. The summed E-state index contributed by atoms with van der Waals surface area (Å²) in [6.45, 7) is 4.75. The molecule has 2 heterocycles. The van der Waals surface area contributed by atoms with E-state index in [4.69, 9.17) is 0 Å². The standard InChI is InChI=1S/C14H15N5O3/c1-2-14(20)17-7-5-10(6-8-17)18-15-12-4-3-11(19(21)22)9-13(12)16-18/h2-4,9-10H,1,5-8H2. The van der Waals surface area contributed by atoms with Crippen LogP contribution in [0.3, 0.4) is 0 Å². The smallest absolute Gasteiger partial charge is 0.271 e. The highest BCUT2D eigenvalue weighted by atomic mass is 16.6. The Morgan fingerprint density at radius 3 is 2.64 bits per heavy atom. The summed E-state index contributed by atoms with van der Waals surface area (Å²) in [4.78, 5) is 25.3. The largest absolute Gasteiger partial charge is 0.339 e. The van der Waals surface area contributed by atoms with Crippen LogP contribution >= 0.6 is 0 Å². The average molecular weight is 301 g/mol. The topological polar surface area (TPSA) is 94.2 Å². The van der Waals surface area contributed by atoms with Gasteiger partial charge >= 0.3 is 0 Å². The van der Waals surface area contributed by atoms with Gasteiger partial charge in [-0.3, -0.25) is 14.9 Å². The number of likely N-dealkylation sites (tertiary alicyclic amines) is 1. The zero-order valence-electron chi connectivity index (χ0n) is 11.9. The number of aromatic nitrogens is 3. The van der Waals surface area contributed by atoms with Crippen LogP contribution in [0.15, 0.2) is 30.9 Å². The maximum absolute atomic E-state index is 11.6. The van der Waals surface area contributed by atoms with Gasteiger partial charge in [0.15, 0.2) is 0 Å². The molecule has 0 radical (unpaired) electrons. The van der Waals surface area contributed by atoms with Gasteiger partial charge in [-0.1, -0.05) is 6.58 Å². The number of hydrogen-bond acceptors (Lipinski definition) is 5. The molecule has 0 spiro atoms. The second-order valence-electron chi connectivity index (χ2n) is 5.21. The number of benzene rings is 1. The Labute approximate surface area is 126 Å². The monoisotopic (exact) mass is 301 g/mol. The lowest BCUT2D eigenvalue weighted by Gasteiger charge is -2.30. The van der Waals surface area contributed by atoms with Gasteiger partial charge in [0, 0.05) is 25.2 Å². The molecular formula is C14H15N5O3. The van der Waals surface area contributed by atoms with E-state index in [1.165, 1.54) is 18.2 Å². The Morgan fingerprint density at radius 2 is 2.00 bits per heavy atom. The Morgan fingerprint density at radius 1 is 1.32 bits per heavy atom.